The van der Waals surface area contributed by atoms with Crippen LogP contribution in [0.25, 0.3) is 5.76 Å². The highest BCUT2D eigenvalue weighted by Gasteiger charge is 2.46. The Morgan fingerprint density at radius 1 is 0.900 bits per heavy atom. The zero-order chi connectivity index (χ0) is 21.4. The molecule has 0 saturated carbocycles. The molecule has 1 amide bonds. The molecule has 1 N–H and O–H groups in total. The maximum atomic E-state index is 13.1. The van der Waals surface area contributed by atoms with E-state index in [0.29, 0.717) is 16.3 Å². The highest BCUT2D eigenvalue weighted by Crippen LogP contribution is 2.42. The average molecular weight is 418 g/mol. The molecule has 30 heavy (non-hydrogen) atoms. The summed E-state index contributed by atoms with van der Waals surface area (Å²) in [5.74, 6) is -1.58. The molecule has 0 aromatic heterocycles. The monoisotopic (exact) mass is 417 g/mol. The summed E-state index contributed by atoms with van der Waals surface area (Å²) in [5.41, 5.74) is 3.92. The van der Waals surface area contributed by atoms with Crippen LogP contribution in [0.2, 0.25) is 5.02 Å². The van der Waals surface area contributed by atoms with Crippen LogP contribution in [0.1, 0.15) is 28.3 Å². The van der Waals surface area contributed by atoms with Crippen LogP contribution in [-0.4, -0.2) is 16.8 Å². The molecule has 0 bridgehead atoms. The normalized spacial score (nSPS) is 18.1. The van der Waals surface area contributed by atoms with E-state index in [2.05, 4.69) is 0 Å². The summed E-state index contributed by atoms with van der Waals surface area (Å²) in [5, 5.41) is 11.7. The van der Waals surface area contributed by atoms with Gasteiger partial charge in [0.25, 0.3) is 11.7 Å². The Kier molecular flexibility index (Phi) is 5.18. The molecule has 1 atom stereocenters. The molecule has 1 saturated heterocycles. The van der Waals surface area contributed by atoms with Crippen molar-refractivity contribution in [3.8, 4) is 0 Å². The van der Waals surface area contributed by atoms with Crippen molar-refractivity contribution in [2.75, 3.05) is 4.90 Å². The van der Waals surface area contributed by atoms with Gasteiger partial charge >= 0.3 is 0 Å². The number of rotatable bonds is 3. The average Bonchev–Trinajstić information content (AvgIpc) is 3.02. The van der Waals surface area contributed by atoms with Gasteiger partial charge in [0.2, 0.25) is 0 Å². The lowest BCUT2D eigenvalue weighted by Crippen LogP contribution is -2.29. The van der Waals surface area contributed by atoms with Crippen LogP contribution in [0.5, 0.6) is 0 Å². The lowest BCUT2D eigenvalue weighted by atomic mass is 9.94. The second-order valence-corrected chi connectivity index (χ2v) is 7.79. The van der Waals surface area contributed by atoms with E-state index < -0.39 is 17.7 Å². The molecular formula is C25H20ClNO3. The highest BCUT2D eigenvalue weighted by atomic mass is 35.5. The Morgan fingerprint density at radius 3 is 2.20 bits per heavy atom. The van der Waals surface area contributed by atoms with Crippen molar-refractivity contribution in [2.45, 2.75) is 19.9 Å². The van der Waals surface area contributed by atoms with Gasteiger partial charge in [-0.05, 0) is 60.9 Å². The topological polar surface area (TPSA) is 57.6 Å². The SMILES string of the molecule is Cc1ccc(/C(O)=C2/C(=O)C(=O)N(c3ccc(Cl)cc3)C2c2ccccc2)cc1C. The second kappa shape index (κ2) is 7.81. The zero-order valence-corrected chi connectivity index (χ0v) is 17.4. The van der Waals surface area contributed by atoms with Crippen molar-refractivity contribution >= 4 is 34.7 Å². The van der Waals surface area contributed by atoms with Gasteiger partial charge < -0.3 is 5.11 Å². The summed E-state index contributed by atoms with van der Waals surface area (Å²) < 4.78 is 0. The molecule has 0 radical (unpaired) electrons. The van der Waals surface area contributed by atoms with Crippen LogP contribution in [0.4, 0.5) is 5.69 Å². The number of aliphatic hydroxyl groups excluding tert-OH is 1. The maximum Gasteiger partial charge on any atom is 0.300 e. The Labute approximate surface area is 180 Å². The molecule has 1 unspecified atom stereocenters. The number of anilines is 1. The van der Waals surface area contributed by atoms with Gasteiger partial charge in [-0.3, -0.25) is 14.5 Å². The largest absolute Gasteiger partial charge is 0.507 e. The minimum absolute atomic E-state index is 0.0735. The summed E-state index contributed by atoms with van der Waals surface area (Å²) in [6, 6.07) is 20.7. The number of halogens is 1. The van der Waals surface area contributed by atoms with E-state index in [1.165, 1.54) is 4.90 Å². The number of benzene rings is 3. The minimum atomic E-state index is -0.742. The van der Waals surface area contributed by atoms with Crippen LogP contribution in [0.15, 0.2) is 78.4 Å². The summed E-state index contributed by atoms with van der Waals surface area (Å²) in [6.07, 6.45) is 0. The predicted molar refractivity (Wildman–Crippen MR) is 119 cm³/mol. The number of carbonyl (C=O) groups is 2. The number of hydrogen-bond acceptors (Lipinski definition) is 3. The van der Waals surface area contributed by atoms with Gasteiger partial charge in [-0.2, -0.15) is 0 Å². The molecule has 1 aliphatic rings. The number of aliphatic hydroxyl groups is 1. The van der Waals surface area contributed by atoms with Crippen molar-refractivity contribution in [2.24, 2.45) is 0 Å². The summed E-state index contributed by atoms with van der Waals surface area (Å²) in [6.45, 7) is 3.91. The van der Waals surface area contributed by atoms with Crippen molar-refractivity contribution in [3.63, 3.8) is 0 Å². The quantitative estimate of drug-likeness (QED) is 0.343. The lowest BCUT2D eigenvalue weighted by Gasteiger charge is -2.25. The molecular weight excluding hydrogens is 398 g/mol. The number of hydrogen-bond donors (Lipinski definition) is 1. The highest BCUT2D eigenvalue weighted by molar-refractivity contribution is 6.51. The third-order valence-corrected chi connectivity index (χ3v) is 5.70. The van der Waals surface area contributed by atoms with Crippen molar-refractivity contribution in [3.05, 3.63) is 106 Å². The van der Waals surface area contributed by atoms with Gasteiger partial charge in [0.1, 0.15) is 5.76 Å². The first-order valence-electron chi connectivity index (χ1n) is 9.57. The van der Waals surface area contributed by atoms with Crippen LogP contribution in [0.3, 0.4) is 0 Å². The fourth-order valence-electron chi connectivity index (χ4n) is 3.70. The van der Waals surface area contributed by atoms with Crippen LogP contribution in [0, 0.1) is 13.8 Å². The fourth-order valence-corrected chi connectivity index (χ4v) is 3.82. The van der Waals surface area contributed by atoms with Crippen molar-refractivity contribution in [1.82, 2.24) is 0 Å². The number of aryl methyl sites for hydroxylation is 2. The van der Waals surface area contributed by atoms with Gasteiger partial charge in [-0.1, -0.05) is 54.1 Å². The van der Waals surface area contributed by atoms with Gasteiger partial charge in [0.05, 0.1) is 11.6 Å². The first-order chi connectivity index (χ1) is 14.4. The predicted octanol–water partition coefficient (Wildman–Crippen LogP) is 5.58. The molecule has 1 fully saturated rings. The standard InChI is InChI=1S/C25H20ClNO3/c1-15-8-9-18(14-16(15)2)23(28)21-22(17-6-4-3-5-7-17)27(25(30)24(21)29)20-12-10-19(26)11-13-20/h3-14,22,28H,1-2H3/b23-21-. The molecule has 1 heterocycles. The van der Waals surface area contributed by atoms with Crippen molar-refractivity contribution < 1.29 is 14.7 Å². The van der Waals surface area contributed by atoms with Gasteiger partial charge in [0, 0.05) is 16.3 Å². The number of Topliss-reactive ketones (excluding diaryl/α,β-unsaturated/α-hetero) is 1. The van der Waals surface area contributed by atoms with E-state index in [4.69, 9.17) is 11.6 Å². The lowest BCUT2D eigenvalue weighted by molar-refractivity contribution is -0.132. The molecule has 4 nitrogen and oxygen atoms in total. The summed E-state index contributed by atoms with van der Waals surface area (Å²) >= 11 is 6.00. The number of ketones is 1. The second-order valence-electron chi connectivity index (χ2n) is 7.36. The van der Waals surface area contributed by atoms with Gasteiger partial charge in [-0.15, -0.1) is 0 Å². The number of amides is 1. The van der Waals surface area contributed by atoms with Crippen LogP contribution >= 0.6 is 11.6 Å². The third-order valence-electron chi connectivity index (χ3n) is 5.44. The molecule has 0 aliphatic carbocycles. The molecule has 1 aliphatic heterocycles. The number of nitrogens with zero attached hydrogens (tertiary/aromatic N) is 1. The molecule has 150 valence electrons. The zero-order valence-electron chi connectivity index (χ0n) is 16.6. The molecule has 4 rings (SSSR count). The smallest absolute Gasteiger partial charge is 0.300 e. The first-order valence-corrected chi connectivity index (χ1v) is 9.95. The van der Waals surface area contributed by atoms with Crippen molar-refractivity contribution in [1.29, 1.82) is 0 Å². The van der Waals surface area contributed by atoms with E-state index in [0.717, 1.165) is 16.7 Å². The molecule has 3 aromatic carbocycles. The third kappa shape index (κ3) is 3.40. The summed E-state index contributed by atoms with van der Waals surface area (Å²) in [7, 11) is 0. The fraction of sp³-hybridized carbons (Fsp3) is 0.120. The molecule has 0 spiro atoms. The Balaban J connectivity index is 1.94. The van der Waals surface area contributed by atoms with Gasteiger partial charge in [0.15, 0.2) is 0 Å². The molecule has 5 heteroatoms. The Bertz CT molecular complexity index is 1170. The minimum Gasteiger partial charge on any atom is -0.507 e. The molecule has 3 aromatic rings. The Morgan fingerprint density at radius 2 is 1.57 bits per heavy atom. The van der Waals surface area contributed by atoms with Crippen LogP contribution < -0.4 is 4.90 Å². The van der Waals surface area contributed by atoms with E-state index in [1.807, 2.05) is 56.3 Å². The number of carbonyl (C=O) groups excluding carboxylic acids is 2. The van der Waals surface area contributed by atoms with Crippen LogP contribution in [-0.2, 0) is 9.59 Å². The summed E-state index contributed by atoms with van der Waals surface area (Å²) in [4.78, 5) is 27.5. The maximum absolute atomic E-state index is 13.1. The van der Waals surface area contributed by atoms with E-state index in [-0.39, 0.29) is 11.3 Å². The van der Waals surface area contributed by atoms with E-state index in [1.54, 1.807) is 30.3 Å². The first kappa shape index (κ1) is 19.9. The van der Waals surface area contributed by atoms with E-state index >= 15 is 0 Å². The van der Waals surface area contributed by atoms with Gasteiger partial charge in [-0.25, -0.2) is 0 Å². The van der Waals surface area contributed by atoms with E-state index in [9.17, 15) is 14.7 Å². The Hall–Kier alpha value is -3.37.